The van der Waals surface area contributed by atoms with Crippen LogP contribution >= 0.6 is 0 Å². The van der Waals surface area contributed by atoms with Gasteiger partial charge in [0.1, 0.15) is 0 Å². The fraction of sp³-hybridized carbons (Fsp3) is 1.00. The van der Waals surface area contributed by atoms with E-state index in [1.165, 1.54) is 43.9 Å². The predicted octanol–water partition coefficient (Wildman–Crippen LogP) is 4.89. The van der Waals surface area contributed by atoms with Gasteiger partial charge in [0.2, 0.25) is 0 Å². The van der Waals surface area contributed by atoms with E-state index in [-0.39, 0.29) is 0 Å². The molecule has 0 bridgehead atoms. The lowest BCUT2D eigenvalue weighted by atomic mass is 9.83. The zero-order valence-electron chi connectivity index (χ0n) is 10.8. The standard InChI is InChI=1S/C15H28/c1-4-6-14-12(8-5-7-11(2)3)9-13-10-15(13)14/h11-15H,4-10H2,1-3H3. The summed E-state index contributed by atoms with van der Waals surface area (Å²) in [4.78, 5) is 0. The Morgan fingerprint density at radius 2 is 1.93 bits per heavy atom. The highest BCUT2D eigenvalue weighted by Gasteiger charge is 2.51. The maximum Gasteiger partial charge on any atom is -0.0352 e. The summed E-state index contributed by atoms with van der Waals surface area (Å²) in [7, 11) is 0. The van der Waals surface area contributed by atoms with Crippen molar-refractivity contribution in [1.29, 1.82) is 0 Å². The van der Waals surface area contributed by atoms with Crippen LogP contribution in [0.1, 0.15) is 65.7 Å². The van der Waals surface area contributed by atoms with Crippen molar-refractivity contribution in [2.45, 2.75) is 65.7 Å². The molecule has 0 saturated heterocycles. The molecule has 2 rings (SSSR count). The summed E-state index contributed by atoms with van der Waals surface area (Å²) in [6, 6.07) is 0. The largest absolute Gasteiger partial charge is 0.0654 e. The van der Waals surface area contributed by atoms with Crippen LogP contribution in [0.25, 0.3) is 0 Å². The van der Waals surface area contributed by atoms with Crippen molar-refractivity contribution in [3.63, 3.8) is 0 Å². The van der Waals surface area contributed by atoms with Crippen molar-refractivity contribution in [3.8, 4) is 0 Å². The first-order chi connectivity index (χ1) is 7.22. The molecule has 2 aliphatic carbocycles. The first-order valence-corrected chi connectivity index (χ1v) is 7.22. The molecule has 2 aliphatic rings. The highest BCUT2D eigenvalue weighted by molar-refractivity contribution is 5.01. The summed E-state index contributed by atoms with van der Waals surface area (Å²) in [5.74, 6) is 5.50. The van der Waals surface area contributed by atoms with Crippen LogP contribution in [-0.4, -0.2) is 0 Å². The second-order valence-electron chi connectivity index (χ2n) is 6.43. The third kappa shape index (κ3) is 2.77. The molecule has 0 N–H and O–H groups in total. The summed E-state index contributed by atoms with van der Waals surface area (Å²) in [6.07, 6.45) is 10.6. The van der Waals surface area contributed by atoms with Crippen molar-refractivity contribution in [1.82, 2.24) is 0 Å². The topological polar surface area (TPSA) is 0 Å². The van der Waals surface area contributed by atoms with Crippen LogP contribution in [0.2, 0.25) is 0 Å². The zero-order valence-corrected chi connectivity index (χ0v) is 10.8. The molecule has 4 unspecified atom stereocenters. The molecule has 0 spiro atoms. The lowest BCUT2D eigenvalue weighted by Crippen LogP contribution is -2.12. The van der Waals surface area contributed by atoms with Crippen molar-refractivity contribution in [3.05, 3.63) is 0 Å². The third-order valence-electron chi connectivity index (χ3n) is 4.72. The van der Waals surface area contributed by atoms with Gasteiger partial charge >= 0.3 is 0 Å². The molecule has 0 heteroatoms. The van der Waals surface area contributed by atoms with Crippen LogP contribution < -0.4 is 0 Å². The molecule has 0 nitrogen and oxygen atoms in total. The van der Waals surface area contributed by atoms with Gasteiger partial charge in [0, 0.05) is 0 Å². The fourth-order valence-electron chi connectivity index (χ4n) is 3.88. The Morgan fingerprint density at radius 3 is 2.60 bits per heavy atom. The van der Waals surface area contributed by atoms with Crippen LogP contribution in [0.5, 0.6) is 0 Å². The molecule has 4 atom stereocenters. The minimum atomic E-state index is 0.908. The molecule has 15 heavy (non-hydrogen) atoms. The van der Waals surface area contributed by atoms with Gasteiger partial charge in [-0.05, 0) is 42.4 Å². The highest BCUT2D eigenvalue weighted by Crippen LogP contribution is 2.60. The molecular formula is C15H28. The Balaban J connectivity index is 1.72. The predicted molar refractivity (Wildman–Crippen MR) is 66.8 cm³/mol. The first kappa shape index (κ1) is 11.5. The van der Waals surface area contributed by atoms with Crippen molar-refractivity contribution >= 4 is 0 Å². The minimum absolute atomic E-state index is 0.908. The minimum Gasteiger partial charge on any atom is -0.0654 e. The Kier molecular flexibility index (Phi) is 3.74. The molecule has 0 amide bonds. The van der Waals surface area contributed by atoms with Crippen LogP contribution in [0, 0.1) is 29.6 Å². The summed E-state index contributed by atoms with van der Waals surface area (Å²) < 4.78 is 0. The lowest BCUT2D eigenvalue weighted by molar-refractivity contribution is 0.284. The van der Waals surface area contributed by atoms with E-state index in [9.17, 15) is 0 Å². The highest BCUT2D eigenvalue weighted by atomic mass is 14.6. The Bertz CT molecular complexity index is 194. The van der Waals surface area contributed by atoms with Gasteiger partial charge in [-0.15, -0.1) is 0 Å². The monoisotopic (exact) mass is 208 g/mol. The third-order valence-corrected chi connectivity index (χ3v) is 4.72. The molecule has 0 heterocycles. The molecular weight excluding hydrogens is 180 g/mol. The summed E-state index contributed by atoms with van der Waals surface area (Å²) in [6.45, 7) is 7.08. The second-order valence-corrected chi connectivity index (χ2v) is 6.43. The van der Waals surface area contributed by atoms with Crippen LogP contribution in [-0.2, 0) is 0 Å². The van der Waals surface area contributed by atoms with E-state index in [4.69, 9.17) is 0 Å². The van der Waals surface area contributed by atoms with Crippen LogP contribution in [0.4, 0.5) is 0 Å². The van der Waals surface area contributed by atoms with Gasteiger partial charge in [-0.1, -0.05) is 52.9 Å². The summed E-state index contributed by atoms with van der Waals surface area (Å²) in [5.41, 5.74) is 0. The van der Waals surface area contributed by atoms with E-state index in [1.54, 1.807) is 12.8 Å². The van der Waals surface area contributed by atoms with Gasteiger partial charge in [0.15, 0.2) is 0 Å². The average molecular weight is 208 g/mol. The Hall–Kier alpha value is 0. The molecule has 0 aliphatic heterocycles. The van der Waals surface area contributed by atoms with Crippen molar-refractivity contribution in [2.24, 2.45) is 29.6 Å². The van der Waals surface area contributed by atoms with E-state index in [2.05, 4.69) is 20.8 Å². The van der Waals surface area contributed by atoms with Gasteiger partial charge in [-0.3, -0.25) is 0 Å². The summed E-state index contributed by atoms with van der Waals surface area (Å²) >= 11 is 0. The normalized spacial score (nSPS) is 38.4. The molecule has 0 aromatic rings. The molecule has 88 valence electrons. The second kappa shape index (κ2) is 4.89. The lowest BCUT2D eigenvalue weighted by Gasteiger charge is -2.22. The number of hydrogen-bond acceptors (Lipinski definition) is 0. The van der Waals surface area contributed by atoms with Crippen molar-refractivity contribution in [2.75, 3.05) is 0 Å². The van der Waals surface area contributed by atoms with E-state index < -0.39 is 0 Å². The smallest absolute Gasteiger partial charge is 0.0352 e. The van der Waals surface area contributed by atoms with Gasteiger partial charge in [-0.25, -0.2) is 0 Å². The SMILES string of the molecule is CCCC1C(CCCC(C)C)CC2CC21. The van der Waals surface area contributed by atoms with E-state index in [0.717, 1.165) is 17.8 Å². The molecule has 2 fully saturated rings. The Labute approximate surface area is 95.8 Å². The van der Waals surface area contributed by atoms with E-state index in [0.29, 0.717) is 0 Å². The van der Waals surface area contributed by atoms with Crippen LogP contribution in [0.15, 0.2) is 0 Å². The quantitative estimate of drug-likeness (QED) is 0.583. The number of rotatable bonds is 6. The van der Waals surface area contributed by atoms with Gasteiger partial charge < -0.3 is 0 Å². The fourth-order valence-corrected chi connectivity index (χ4v) is 3.88. The van der Waals surface area contributed by atoms with Gasteiger partial charge in [-0.2, -0.15) is 0 Å². The average Bonchev–Trinajstić information content (AvgIpc) is 2.85. The van der Waals surface area contributed by atoms with Crippen molar-refractivity contribution < 1.29 is 0 Å². The number of hydrogen-bond donors (Lipinski definition) is 0. The molecule has 0 aromatic heterocycles. The number of fused-ring (bicyclic) bond motifs is 1. The summed E-state index contributed by atoms with van der Waals surface area (Å²) in [5, 5.41) is 0. The first-order valence-electron chi connectivity index (χ1n) is 7.22. The maximum absolute atomic E-state index is 2.36. The molecule has 0 aromatic carbocycles. The van der Waals surface area contributed by atoms with E-state index >= 15 is 0 Å². The van der Waals surface area contributed by atoms with E-state index in [1.807, 2.05) is 0 Å². The van der Waals surface area contributed by atoms with Gasteiger partial charge in [0.25, 0.3) is 0 Å². The van der Waals surface area contributed by atoms with Crippen LogP contribution in [0.3, 0.4) is 0 Å². The van der Waals surface area contributed by atoms with Gasteiger partial charge in [0.05, 0.1) is 0 Å². The molecule has 2 saturated carbocycles. The maximum atomic E-state index is 2.36. The zero-order chi connectivity index (χ0) is 10.8. The molecule has 0 radical (unpaired) electrons. The Morgan fingerprint density at radius 1 is 1.13 bits per heavy atom.